The Balaban J connectivity index is 1.89. The fourth-order valence-corrected chi connectivity index (χ4v) is 2.05. The number of aliphatic hydroxyl groups excluding tert-OH is 1. The highest BCUT2D eigenvalue weighted by Crippen LogP contribution is 2.04. The lowest BCUT2D eigenvalue weighted by atomic mass is 10.1. The van der Waals surface area contributed by atoms with Crippen LogP contribution in [0.2, 0.25) is 0 Å². The number of carbonyl (C=O) groups excluding carboxylic acids is 1. The quantitative estimate of drug-likeness (QED) is 0.799. The van der Waals surface area contributed by atoms with Crippen molar-refractivity contribution in [1.29, 1.82) is 0 Å². The third-order valence-corrected chi connectivity index (χ3v) is 3.12. The van der Waals surface area contributed by atoms with Crippen molar-refractivity contribution in [2.24, 2.45) is 0 Å². The summed E-state index contributed by atoms with van der Waals surface area (Å²) in [6, 6.07) is 19.1. The molecule has 1 atom stereocenters. The smallest absolute Gasteiger partial charge is 0.244 e. The fourth-order valence-electron chi connectivity index (χ4n) is 2.05. The summed E-state index contributed by atoms with van der Waals surface area (Å²) in [6.07, 6.45) is 3.86. The Hall–Kier alpha value is -2.39. The summed E-state index contributed by atoms with van der Waals surface area (Å²) in [7, 11) is 0. The van der Waals surface area contributed by atoms with Gasteiger partial charge in [-0.1, -0.05) is 60.7 Å². The lowest BCUT2D eigenvalue weighted by Crippen LogP contribution is -2.38. The fraction of sp³-hybridized carbons (Fsp3) is 0.167. The van der Waals surface area contributed by atoms with Gasteiger partial charge in [-0.3, -0.25) is 4.79 Å². The van der Waals surface area contributed by atoms with Gasteiger partial charge in [0.05, 0.1) is 12.6 Å². The molecule has 0 bridgehead atoms. The molecule has 1 amide bonds. The van der Waals surface area contributed by atoms with Crippen LogP contribution in [-0.2, 0) is 11.2 Å². The van der Waals surface area contributed by atoms with Crippen molar-refractivity contribution in [2.45, 2.75) is 12.5 Å². The number of rotatable bonds is 6. The predicted molar refractivity (Wildman–Crippen MR) is 84.6 cm³/mol. The van der Waals surface area contributed by atoms with Crippen molar-refractivity contribution >= 4 is 12.0 Å². The molecule has 0 radical (unpaired) electrons. The van der Waals surface area contributed by atoms with E-state index in [0.717, 1.165) is 11.1 Å². The second-order valence-corrected chi connectivity index (χ2v) is 4.82. The minimum atomic E-state index is -0.277. The Kier molecular flexibility index (Phi) is 5.73. The molecule has 2 rings (SSSR count). The molecule has 1 unspecified atom stereocenters. The molecule has 2 N–H and O–H groups in total. The maximum atomic E-state index is 11.9. The molecule has 21 heavy (non-hydrogen) atoms. The molecule has 2 aromatic rings. The van der Waals surface area contributed by atoms with Gasteiger partial charge in [0.15, 0.2) is 0 Å². The average molecular weight is 281 g/mol. The van der Waals surface area contributed by atoms with E-state index in [-0.39, 0.29) is 18.6 Å². The van der Waals surface area contributed by atoms with Crippen LogP contribution in [0.1, 0.15) is 11.1 Å². The van der Waals surface area contributed by atoms with Crippen LogP contribution in [0.3, 0.4) is 0 Å². The van der Waals surface area contributed by atoms with Crippen molar-refractivity contribution in [1.82, 2.24) is 5.32 Å². The van der Waals surface area contributed by atoms with Crippen LogP contribution in [0.4, 0.5) is 0 Å². The Morgan fingerprint density at radius 2 is 1.67 bits per heavy atom. The highest BCUT2D eigenvalue weighted by Gasteiger charge is 2.10. The Bertz CT molecular complexity index is 579. The van der Waals surface area contributed by atoms with E-state index in [1.165, 1.54) is 6.08 Å². The van der Waals surface area contributed by atoms with Gasteiger partial charge in [-0.25, -0.2) is 0 Å². The predicted octanol–water partition coefficient (Wildman–Crippen LogP) is 2.42. The first-order chi connectivity index (χ1) is 10.3. The molecule has 0 spiro atoms. The average Bonchev–Trinajstić information content (AvgIpc) is 2.54. The zero-order valence-electron chi connectivity index (χ0n) is 11.8. The Labute approximate surface area is 124 Å². The highest BCUT2D eigenvalue weighted by molar-refractivity contribution is 5.91. The number of aliphatic hydroxyl groups is 1. The van der Waals surface area contributed by atoms with E-state index >= 15 is 0 Å². The summed E-state index contributed by atoms with van der Waals surface area (Å²) in [5.74, 6) is -0.200. The molecule has 0 fully saturated rings. The van der Waals surface area contributed by atoms with Crippen LogP contribution < -0.4 is 5.32 Å². The number of amides is 1. The first-order valence-corrected chi connectivity index (χ1v) is 6.96. The van der Waals surface area contributed by atoms with Crippen molar-refractivity contribution in [3.63, 3.8) is 0 Å². The molecule has 2 aromatic carbocycles. The Morgan fingerprint density at radius 1 is 1.05 bits per heavy atom. The van der Waals surface area contributed by atoms with Crippen LogP contribution >= 0.6 is 0 Å². The summed E-state index contributed by atoms with van der Waals surface area (Å²) >= 11 is 0. The molecule has 0 aliphatic heterocycles. The summed E-state index contributed by atoms with van der Waals surface area (Å²) in [5, 5.41) is 12.2. The zero-order chi connectivity index (χ0) is 14.9. The van der Waals surface area contributed by atoms with Gasteiger partial charge in [0, 0.05) is 6.08 Å². The molecule has 3 nitrogen and oxygen atoms in total. The van der Waals surface area contributed by atoms with Crippen LogP contribution in [0.15, 0.2) is 66.7 Å². The molecule has 0 heterocycles. The van der Waals surface area contributed by atoms with Gasteiger partial charge < -0.3 is 10.4 Å². The third-order valence-electron chi connectivity index (χ3n) is 3.12. The van der Waals surface area contributed by atoms with Gasteiger partial charge in [-0.2, -0.15) is 0 Å². The van der Waals surface area contributed by atoms with Crippen molar-refractivity contribution in [3.05, 3.63) is 77.9 Å². The van der Waals surface area contributed by atoms with E-state index in [2.05, 4.69) is 5.32 Å². The molecule has 0 aliphatic carbocycles. The van der Waals surface area contributed by atoms with Gasteiger partial charge >= 0.3 is 0 Å². The van der Waals surface area contributed by atoms with Crippen LogP contribution in [0, 0.1) is 0 Å². The largest absolute Gasteiger partial charge is 0.394 e. The molecule has 0 saturated heterocycles. The molecule has 108 valence electrons. The van der Waals surface area contributed by atoms with E-state index in [1.54, 1.807) is 6.08 Å². The third kappa shape index (κ3) is 5.24. The second kappa shape index (κ2) is 8.02. The summed E-state index contributed by atoms with van der Waals surface area (Å²) in [4.78, 5) is 11.9. The van der Waals surface area contributed by atoms with E-state index in [9.17, 15) is 9.90 Å². The lowest BCUT2D eigenvalue weighted by Gasteiger charge is -2.15. The van der Waals surface area contributed by atoms with Crippen LogP contribution in [-0.4, -0.2) is 23.7 Å². The molecular formula is C18H19NO2. The minimum Gasteiger partial charge on any atom is -0.394 e. The number of hydrogen-bond acceptors (Lipinski definition) is 2. The number of nitrogens with one attached hydrogen (secondary N) is 1. The molecular weight excluding hydrogens is 262 g/mol. The number of carbonyl (C=O) groups is 1. The maximum Gasteiger partial charge on any atom is 0.244 e. The van der Waals surface area contributed by atoms with Crippen LogP contribution in [0.25, 0.3) is 6.08 Å². The minimum absolute atomic E-state index is 0.0835. The van der Waals surface area contributed by atoms with Crippen molar-refractivity contribution in [2.75, 3.05) is 6.61 Å². The highest BCUT2D eigenvalue weighted by atomic mass is 16.3. The van der Waals surface area contributed by atoms with Gasteiger partial charge in [-0.05, 0) is 23.6 Å². The van der Waals surface area contributed by atoms with E-state index < -0.39 is 0 Å². The standard InChI is InChI=1S/C18H19NO2/c20-14-17(13-16-9-5-2-6-10-16)19-18(21)12-11-15-7-3-1-4-8-15/h1-12,17,20H,13-14H2,(H,19,21)/b12-11+. The first-order valence-electron chi connectivity index (χ1n) is 6.96. The first kappa shape index (κ1) is 15.0. The second-order valence-electron chi connectivity index (χ2n) is 4.82. The number of benzene rings is 2. The van der Waals surface area contributed by atoms with Crippen molar-refractivity contribution in [3.8, 4) is 0 Å². The van der Waals surface area contributed by atoms with Gasteiger partial charge in [0.1, 0.15) is 0 Å². The molecule has 0 aromatic heterocycles. The van der Waals surface area contributed by atoms with E-state index in [1.807, 2.05) is 60.7 Å². The SMILES string of the molecule is O=C(/C=C/c1ccccc1)NC(CO)Cc1ccccc1. The zero-order valence-corrected chi connectivity index (χ0v) is 11.8. The normalized spacial score (nSPS) is 12.2. The maximum absolute atomic E-state index is 11.9. The molecule has 0 saturated carbocycles. The van der Waals surface area contributed by atoms with Gasteiger partial charge in [-0.15, -0.1) is 0 Å². The summed E-state index contributed by atoms with van der Waals surface area (Å²) < 4.78 is 0. The summed E-state index contributed by atoms with van der Waals surface area (Å²) in [6.45, 7) is -0.0835. The molecule has 3 heteroatoms. The van der Waals surface area contributed by atoms with Crippen molar-refractivity contribution < 1.29 is 9.90 Å². The van der Waals surface area contributed by atoms with Gasteiger partial charge in [0.2, 0.25) is 5.91 Å². The monoisotopic (exact) mass is 281 g/mol. The van der Waals surface area contributed by atoms with Gasteiger partial charge in [0.25, 0.3) is 0 Å². The Morgan fingerprint density at radius 3 is 2.29 bits per heavy atom. The van der Waals surface area contributed by atoms with Crippen LogP contribution in [0.5, 0.6) is 0 Å². The van der Waals surface area contributed by atoms with E-state index in [0.29, 0.717) is 6.42 Å². The van der Waals surface area contributed by atoms with E-state index in [4.69, 9.17) is 0 Å². The topological polar surface area (TPSA) is 49.3 Å². The summed E-state index contributed by atoms with van der Waals surface area (Å²) in [5.41, 5.74) is 2.06. The molecule has 0 aliphatic rings. The number of hydrogen-bond donors (Lipinski definition) is 2. The lowest BCUT2D eigenvalue weighted by molar-refractivity contribution is -0.117.